The van der Waals surface area contributed by atoms with E-state index in [9.17, 15) is 0 Å². The Morgan fingerprint density at radius 3 is 2.94 bits per heavy atom. The van der Waals surface area contributed by atoms with Crippen molar-refractivity contribution in [3.05, 3.63) is 41.6 Å². The van der Waals surface area contributed by atoms with Crippen molar-refractivity contribution in [2.75, 3.05) is 13.1 Å². The molecule has 2 N–H and O–H groups in total. The second-order valence-electron chi connectivity index (χ2n) is 4.42. The second-order valence-corrected chi connectivity index (χ2v) is 4.42. The van der Waals surface area contributed by atoms with E-state index in [0.29, 0.717) is 0 Å². The highest BCUT2D eigenvalue weighted by Crippen LogP contribution is 2.24. The van der Waals surface area contributed by atoms with Crippen LogP contribution in [0.1, 0.15) is 17.7 Å². The molecule has 2 heteroatoms. The number of fused-ring (bicyclic) bond motifs is 1. The molecule has 1 aromatic heterocycles. The lowest BCUT2D eigenvalue weighted by molar-refractivity contribution is 0.738. The summed E-state index contributed by atoms with van der Waals surface area (Å²) in [7, 11) is 0. The minimum absolute atomic E-state index is 0.978. The predicted octanol–water partition coefficient (Wildman–Crippen LogP) is 2.85. The van der Waals surface area contributed by atoms with Gasteiger partial charge >= 0.3 is 0 Å². The molecular formula is C14H16N2. The van der Waals surface area contributed by atoms with Crippen molar-refractivity contribution in [3.8, 4) is 0 Å². The highest BCUT2D eigenvalue weighted by molar-refractivity contribution is 5.87. The summed E-state index contributed by atoms with van der Waals surface area (Å²) < 4.78 is 0. The molecule has 0 atom stereocenters. The van der Waals surface area contributed by atoms with Gasteiger partial charge in [-0.2, -0.15) is 0 Å². The zero-order chi connectivity index (χ0) is 11.0. The molecule has 1 aromatic carbocycles. The molecule has 2 nitrogen and oxygen atoms in total. The van der Waals surface area contributed by atoms with Gasteiger partial charge in [-0.05, 0) is 37.1 Å². The molecule has 0 amide bonds. The number of nitrogens with one attached hydrogen (secondary N) is 2. The fraction of sp³-hybridized carbons (Fsp3) is 0.286. The first-order valence-corrected chi connectivity index (χ1v) is 5.83. The fourth-order valence-corrected chi connectivity index (χ4v) is 2.33. The minimum atomic E-state index is 0.978. The Labute approximate surface area is 95.4 Å². The zero-order valence-electron chi connectivity index (χ0n) is 9.51. The van der Waals surface area contributed by atoms with Gasteiger partial charge in [-0.1, -0.05) is 24.3 Å². The van der Waals surface area contributed by atoms with Gasteiger partial charge in [0.1, 0.15) is 0 Å². The third-order valence-electron chi connectivity index (χ3n) is 3.24. The van der Waals surface area contributed by atoms with Crippen molar-refractivity contribution in [1.29, 1.82) is 0 Å². The molecule has 0 unspecified atom stereocenters. The summed E-state index contributed by atoms with van der Waals surface area (Å²) in [6.45, 7) is 4.23. The number of benzene rings is 1. The van der Waals surface area contributed by atoms with Gasteiger partial charge in [-0.25, -0.2) is 0 Å². The summed E-state index contributed by atoms with van der Waals surface area (Å²) in [5.74, 6) is 0. The van der Waals surface area contributed by atoms with Crippen LogP contribution in [0.2, 0.25) is 0 Å². The molecular weight excluding hydrogens is 196 g/mol. The van der Waals surface area contributed by atoms with Gasteiger partial charge in [-0.15, -0.1) is 0 Å². The van der Waals surface area contributed by atoms with Crippen molar-refractivity contribution in [3.63, 3.8) is 0 Å². The first-order chi connectivity index (χ1) is 7.84. The number of hydrogen-bond donors (Lipinski definition) is 2. The summed E-state index contributed by atoms with van der Waals surface area (Å²) in [6.07, 6.45) is 3.46. The van der Waals surface area contributed by atoms with E-state index in [-0.39, 0.29) is 0 Å². The largest absolute Gasteiger partial charge is 0.355 e. The monoisotopic (exact) mass is 212 g/mol. The lowest BCUT2D eigenvalue weighted by Crippen LogP contribution is -2.21. The second kappa shape index (κ2) is 3.80. The number of hydrogen-bond acceptors (Lipinski definition) is 1. The standard InChI is InChI=1S/C14H16N2/c1-10-4-2-5-11-8-13(16-14(10)11)12-6-3-7-15-9-12/h2,4-6,8,15-16H,3,7,9H2,1H3. The van der Waals surface area contributed by atoms with Crippen molar-refractivity contribution in [1.82, 2.24) is 10.3 Å². The van der Waals surface area contributed by atoms with Crippen molar-refractivity contribution >= 4 is 16.5 Å². The predicted molar refractivity (Wildman–Crippen MR) is 68.5 cm³/mol. The van der Waals surface area contributed by atoms with Crippen molar-refractivity contribution < 1.29 is 0 Å². The number of para-hydroxylation sites is 1. The summed E-state index contributed by atoms with van der Waals surface area (Å²) in [4.78, 5) is 3.53. The highest BCUT2D eigenvalue weighted by atomic mass is 14.9. The van der Waals surface area contributed by atoms with Crippen molar-refractivity contribution in [2.24, 2.45) is 0 Å². The number of aromatic nitrogens is 1. The molecule has 0 radical (unpaired) electrons. The molecule has 0 saturated heterocycles. The summed E-state index contributed by atoms with van der Waals surface area (Å²) in [5.41, 5.74) is 5.23. The first kappa shape index (κ1) is 9.67. The normalized spacial score (nSPS) is 16.4. The smallest absolute Gasteiger partial charge is 0.0488 e. The van der Waals surface area contributed by atoms with E-state index in [1.54, 1.807) is 0 Å². The number of H-pyrrole nitrogens is 1. The fourth-order valence-electron chi connectivity index (χ4n) is 2.33. The summed E-state index contributed by atoms with van der Waals surface area (Å²) in [5, 5.41) is 4.71. The van der Waals surface area contributed by atoms with Crippen LogP contribution in [-0.2, 0) is 0 Å². The molecule has 1 aliphatic rings. The van der Waals surface area contributed by atoms with Gasteiger partial charge in [0.2, 0.25) is 0 Å². The molecule has 1 aliphatic heterocycles. The number of aryl methyl sites for hydroxylation is 1. The maximum absolute atomic E-state index is 3.53. The molecule has 0 aliphatic carbocycles. The molecule has 0 fully saturated rings. The average Bonchev–Trinajstić information content (AvgIpc) is 2.76. The average molecular weight is 212 g/mol. The SMILES string of the molecule is Cc1cccc2cc(C3=CCCNC3)[nH]c12. The molecule has 0 saturated carbocycles. The van der Waals surface area contributed by atoms with Crippen LogP contribution >= 0.6 is 0 Å². The third kappa shape index (κ3) is 1.55. The van der Waals surface area contributed by atoms with Crippen LogP contribution in [0.5, 0.6) is 0 Å². The van der Waals surface area contributed by atoms with E-state index in [1.807, 2.05) is 0 Å². The Morgan fingerprint density at radius 2 is 2.19 bits per heavy atom. The maximum atomic E-state index is 3.53. The van der Waals surface area contributed by atoms with Crippen LogP contribution in [-0.4, -0.2) is 18.1 Å². The molecule has 3 rings (SSSR count). The van der Waals surface area contributed by atoms with Gasteiger partial charge in [0.15, 0.2) is 0 Å². The zero-order valence-corrected chi connectivity index (χ0v) is 9.51. The van der Waals surface area contributed by atoms with Gasteiger partial charge in [0.05, 0.1) is 0 Å². The van der Waals surface area contributed by atoms with Gasteiger partial charge in [0, 0.05) is 23.1 Å². The van der Waals surface area contributed by atoms with E-state index < -0.39 is 0 Å². The van der Waals surface area contributed by atoms with Crippen LogP contribution in [0.4, 0.5) is 0 Å². The Kier molecular flexibility index (Phi) is 2.29. The van der Waals surface area contributed by atoms with E-state index in [1.165, 1.54) is 27.7 Å². The summed E-state index contributed by atoms with van der Waals surface area (Å²) in [6, 6.07) is 8.68. The van der Waals surface area contributed by atoms with E-state index in [2.05, 4.69) is 47.6 Å². The topological polar surface area (TPSA) is 27.8 Å². The maximum Gasteiger partial charge on any atom is 0.0488 e. The van der Waals surface area contributed by atoms with Crippen LogP contribution in [0.25, 0.3) is 16.5 Å². The molecule has 2 heterocycles. The highest BCUT2D eigenvalue weighted by Gasteiger charge is 2.09. The Hall–Kier alpha value is -1.54. The van der Waals surface area contributed by atoms with Gasteiger partial charge in [0.25, 0.3) is 0 Å². The molecule has 16 heavy (non-hydrogen) atoms. The summed E-state index contributed by atoms with van der Waals surface area (Å²) >= 11 is 0. The van der Waals surface area contributed by atoms with Crippen LogP contribution in [0.3, 0.4) is 0 Å². The lowest BCUT2D eigenvalue weighted by Gasteiger charge is -2.12. The first-order valence-electron chi connectivity index (χ1n) is 5.83. The number of rotatable bonds is 1. The van der Waals surface area contributed by atoms with Crippen LogP contribution in [0.15, 0.2) is 30.3 Å². The van der Waals surface area contributed by atoms with Crippen LogP contribution < -0.4 is 5.32 Å². The van der Waals surface area contributed by atoms with E-state index in [0.717, 1.165) is 19.5 Å². The Morgan fingerprint density at radius 1 is 1.25 bits per heavy atom. The van der Waals surface area contributed by atoms with E-state index in [4.69, 9.17) is 0 Å². The van der Waals surface area contributed by atoms with E-state index >= 15 is 0 Å². The van der Waals surface area contributed by atoms with Gasteiger partial charge in [-0.3, -0.25) is 0 Å². The molecule has 82 valence electrons. The molecule has 2 aromatic rings. The van der Waals surface area contributed by atoms with Gasteiger partial charge < -0.3 is 10.3 Å². The van der Waals surface area contributed by atoms with Crippen LogP contribution in [0, 0.1) is 6.92 Å². The quantitative estimate of drug-likeness (QED) is 0.747. The molecule has 0 spiro atoms. The Balaban J connectivity index is 2.11. The minimum Gasteiger partial charge on any atom is -0.355 e. The van der Waals surface area contributed by atoms with Crippen molar-refractivity contribution in [2.45, 2.75) is 13.3 Å². The Bertz CT molecular complexity index is 549. The third-order valence-corrected chi connectivity index (χ3v) is 3.24. The molecule has 0 bridgehead atoms. The lowest BCUT2D eigenvalue weighted by atomic mass is 10.1. The number of aromatic amines is 1.